The Hall–Kier alpha value is -2.26. The number of aliphatic carboxylic acids is 1. The molecular formula is C19H13N2NaO5S. The van der Waals surface area contributed by atoms with Crippen LogP contribution < -0.4 is 34.7 Å². The van der Waals surface area contributed by atoms with Gasteiger partial charge in [-0.1, -0.05) is 36.4 Å². The molecule has 7 nitrogen and oxygen atoms in total. The summed E-state index contributed by atoms with van der Waals surface area (Å²) in [6, 6.07) is 13.3. The molecule has 1 fully saturated rings. The minimum Gasteiger partial charge on any atom is -0.543 e. The van der Waals surface area contributed by atoms with Crippen molar-refractivity contribution >= 4 is 33.4 Å². The molecule has 1 saturated heterocycles. The van der Waals surface area contributed by atoms with E-state index in [0.717, 1.165) is 4.90 Å². The van der Waals surface area contributed by atoms with Gasteiger partial charge in [0.05, 0.1) is 28.7 Å². The van der Waals surface area contributed by atoms with Crippen molar-refractivity contribution in [3.63, 3.8) is 0 Å². The first kappa shape index (κ1) is 20.5. The number of hydrogen-bond donors (Lipinski definition) is 0. The number of hydrogen-bond acceptors (Lipinski definition) is 6. The number of carbonyl (C=O) groups excluding carboxylic acids is 2. The maximum atomic E-state index is 12.8. The summed E-state index contributed by atoms with van der Waals surface area (Å²) in [5.41, 5.74) is 0.498. The number of rotatable bonds is 3. The molecule has 0 aliphatic carbocycles. The van der Waals surface area contributed by atoms with E-state index in [0.29, 0.717) is 11.3 Å². The van der Waals surface area contributed by atoms with E-state index in [-0.39, 0.29) is 40.7 Å². The van der Waals surface area contributed by atoms with Gasteiger partial charge in [-0.05, 0) is 23.8 Å². The summed E-state index contributed by atoms with van der Waals surface area (Å²) < 4.78 is 25.7. The molecule has 2 aromatic rings. The fourth-order valence-electron chi connectivity index (χ4n) is 3.33. The standard InChI is InChI=1S/C19H14N2O5S.Na/c22-17-14(10-13-8-4-5-9-20-13)18-21(17)16(19(23)24)15(11-27(18,25)26)12-6-2-1-3-7-12;/h1-10,18H,11H2,(H,23,24);/q;+1/p-1/b14-10-;/t18-;/m1./s1. The van der Waals surface area contributed by atoms with Gasteiger partial charge >= 0.3 is 29.6 Å². The third-order valence-electron chi connectivity index (χ3n) is 4.49. The summed E-state index contributed by atoms with van der Waals surface area (Å²) in [5.74, 6) is -2.76. The van der Waals surface area contributed by atoms with Gasteiger partial charge in [0.1, 0.15) is 0 Å². The SMILES string of the molecule is O=C([O-])C1=C(c2ccccc2)CS(=O)(=O)[C@@H]2/C(=C\c3ccccn3)C(=O)N12.[Na+]. The van der Waals surface area contributed by atoms with Crippen molar-refractivity contribution in [3.05, 3.63) is 77.3 Å². The molecule has 0 unspecified atom stereocenters. The van der Waals surface area contributed by atoms with Crippen LogP contribution in [0.25, 0.3) is 11.6 Å². The Balaban J connectivity index is 0.00000225. The number of benzene rings is 1. The monoisotopic (exact) mass is 404 g/mol. The summed E-state index contributed by atoms with van der Waals surface area (Å²) in [5, 5.41) is 10.4. The molecule has 0 radical (unpaired) electrons. The Bertz CT molecular complexity index is 1110. The van der Waals surface area contributed by atoms with Crippen LogP contribution >= 0.6 is 0 Å². The Morgan fingerprint density at radius 2 is 1.82 bits per heavy atom. The van der Waals surface area contributed by atoms with Gasteiger partial charge in [0, 0.05) is 11.8 Å². The number of amides is 1. The Labute approximate surface area is 183 Å². The maximum absolute atomic E-state index is 12.8. The fraction of sp³-hybridized carbons (Fsp3) is 0.105. The van der Waals surface area contributed by atoms with Gasteiger partial charge in [0.15, 0.2) is 15.2 Å². The smallest absolute Gasteiger partial charge is 0.543 e. The van der Waals surface area contributed by atoms with Gasteiger partial charge in [-0.15, -0.1) is 0 Å². The first-order valence-corrected chi connectivity index (χ1v) is 9.79. The van der Waals surface area contributed by atoms with Crippen LogP contribution in [0.5, 0.6) is 0 Å². The third kappa shape index (κ3) is 3.33. The van der Waals surface area contributed by atoms with Crippen molar-refractivity contribution in [1.29, 1.82) is 0 Å². The number of aromatic nitrogens is 1. The molecule has 9 heteroatoms. The quantitative estimate of drug-likeness (QED) is 0.311. The number of β-lactam (4-membered cyclic amide) rings is 1. The van der Waals surface area contributed by atoms with Gasteiger partial charge in [-0.3, -0.25) is 14.7 Å². The van der Waals surface area contributed by atoms with E-state index in [9.17, 15) is 23.1 Å². The topological polar surface area (TPSA) is 107 Å². The molecule has 2 aliphatic rings. The first-order chi connectivity index (χ1) is 12.9. The number of fused-ring (bicyclic) bond motifs is 1. The Kier molecular flexibility index (Phi) is 5.58. The van der Waals surface area contributed by atoms with Crippen LogP contribution in [0.4, 0.5) is 0 Å². The predicted octanol–water partition coefficient (Wildman–Crippen LogP) is -2.77. The third-order valence-corrected chi connectivity index (χ3v) is 6.32. The van der Waals surface area contributed by atoms with E-state index < -0.39 is 38.5 Å². The number of nitrogens with zero attached hydrogens (tertiary/aromatic N) is 2. The number of pyridine rings is 1. The molecule has 28 heavy (non-hydrogen) atoms. The normalized spacial score (nSPS) is 21.6. The molecule has 1 aromatic heterocycles. The second kappa shape index (κ2) is 7.63. The first-order valence-electron chi connectivity index (χ1n) is 8.08. The van der Waals surface area contributed by atoms with Crippen molar-refractivity contribution in [3.8, 4) is 0 Å². The average molecular weight is 404 g/mol. The van der Waals surface area contributed by atoms with E-state index in [1.54, 1.807) is 48.5 Å². The molecule has 0 N–H and O–H groups in total. The van der Waals surface area contributed by atoms with Crippen LogP contribution in [0.3, 0.4) is 0 Å². The number of carbonyl (C=O) groups is 2. The zero-order chi connectivity index (χ0) is 19.2. The predicted molar refractivity (Wildman–Crippen MR) is 95.0 cm³/mol. The number of sulfone groups is 1. The van der Waals surface area contributed by atoms with Crippen LogP contribution in [0.1, 0.15) is 11.3 Å². The molecule has 136 valence electrons. The van der Waals surface area contributed by atoms with Gasteiger partial charge in [0.2, 0.25) is 0 Å². The van der Waals surface area contributed by atoms with Crippen molar-refractivity contribution in [2.45, 2.75) is 5.37 Å². The molecule has 1 atom stereocenters. The summed E-state index contributed by atoms with van der Waals surface area (Å²) in [4.78, 5) is 29.2. The molecule has 4 rings (SSSR count). The number of carboxylic acids is 1. The van der Waals surface area contributed by atoms with E-state index in [1.807, 2.05) is 0 Å². The zero-order valence-electron chi connectivity index (χ0n) is 14.9. The molecule has 1 aromatic carbocycles. The summed E-state index contributed by atoms with van der Waals surface area (Å²) in [6.07, 6.45) is 2.89. The molecule has 3 heterocycles. The van der Waals surface area contributed by atoms with Crippen molar-refractivity contribution in [2.24, 2.45) is 0 Å². The minimum atomic E-state index is -3.83. The fourth-order valence-corrected chi connectivity index (χ4v) is 5.27. The molecular weight excluding hydrogens is 391 g/mol. The molecule has 1 amide bonds. The van der Waals surface area contributed by atoms with Gasteiger partial charge in [0.25, 0.3) is 5.91 Å². The second-order valence-electron chi connectivity index (χ2n) is 6.17. The van der Waals surface area contributed by atoms with Gasteiger partial charge < -0.3 is 9.90 Å². The summed E-state index contributed by atoms with van der Waals surface area (Å²) >= 11 is 0. The largest absolute Gasteiger partial charge is 1.00 e. The van der Waals surface area contributed by atoms with Crippen LogP contribution in [0.2, 0.25) is 0 Å². The molecule has 0 bridgehead atoms. The van der Waals surface area contributed by atoms with E-state index in [4.69, 9.17) is 0 Å². The zero-order valence-corrected chi connectivity index (χ0v) is 17.7. The molecule has 2 aliphatic heterocycles. The van der Waals surface area contributed by atoms with E-state index >= 15 is 0 Å². The number of carboxylic acid groups (broad SMARTS) is 1. The van der Waals surface area contributed by atoms with E-state index in [1.165, 1.54) is 12.3 Å². The maximum Gasteiger partial charge on any atom is 1.00 e. The molecule has 0 spiro atoms. The van der Waals surface area contributed by atoms with Gasteiger partial charge in [-0.2, -0.15) is 0 Å². The van der Waals surface area contributed by atoms with Crippen LogP contribution in [-0.4, -0.2) is 41.3 Å². The van der Waals surface area contributed by atoms with Gasteiger partial charge in [-0.25, -0.2) is 8.42 Å². The second-order valence-corrected chi connectivity index (χ2v) is 8.23. The summed E-state index contributed by atoms with van der Waals surface area (Å²) in [7, 11) is -3.83. The summed E-state index contributed by atoms with van der Waals surface area (Å²) in [6.45, 7) is 0. The van der Waals surface area contributed by atoms with Crippen molar-refractivity contribution in [1.82, 2.24) is 9.88 Å². The van der Waals surface area contributed by atoms with Crippen LogP contribution in [-0.2, 0) is 19.4 Å². The Morgan fingerprint density at radius 3 is 2.43 bits per heavy atom. The van der Waals surface area contributed by atoms with Crippen LogP contribution in [0, 0.1) is 0 Å². The van der Waals surface area contributed by atoms with Crippen molar-refractivity contribution < 1.29 is 52.7 Å². The van der Waals surface area contributed by atoms with E-state index in [2.05, 4.69) is 4.98 Å². The average Bonchev–Trinajstić information content (AvgIpc) is 2.66. The van der Waals surface area contributed by atoms with Crippen LogP contribution in [0.15, 0.2) is 66.0 Å². The minimum absolute atomic E-state index is 0. The van der Waals surface area contributed by atoms with Crippen molar-refractivity contribution in [2.75, 3.05) is 5.75 Å². The Morgan fingerprint density at radius 1 is 1.14 bits per heavy atom. The molecule has 0 saturated carbocycles.